The van der Waals surface area contributed by atoms with Crippen molar-refractivity contribution in [1.82, 2.24) is 0 Å². The number of phenolic OH excluding ortho intramolecular Hbond substituents is 2. The van der Waals surface area contributed by atoms with Crippen molar-refractivity contribution < 1.29 is 23.9 Å². The molecular weight excluding hydrogens is 331 g/mol. The topological polar surface area (TPSA) is 83.6 Å². The average Bonchev–Trinajstić information content (AvgIpc) is 2.39. The molecule has 21 heavy (non-hydrogen) atoms. The molecule has 0 aliphatic carbocycles. The number of rotatable bonds is 1. The van der Waals surface area contributed by atoms with Gasteiger partial charge in [0.1, 0.15) is 17.4 Å². The molecule has 2 aromatic rings. The summed E-state index contributed by atoms with van der Waals surface area (Å²) in [7, 11) is 0. The number of hydrogen-bond donors (Lipinski definition) is 2. The molecule has 0 unspecified atom stereocenters. The lowest BCUT2D eigenvalue weighted by Gasteiger charge is -1.97. The lowest BCUT2D eigenvalue weighted by molar-refractivity contribution is -0.386. The first-order valence-corrected chi connectivity index (χ1v) is 5.94. The number of benzene rings is 2. The van der Waals surface area contributed by atoms with Gasteiger partial charge in [0.15, 0.2) is 0 Å². The van der Waals surface area contributed by atoms with Crippen LogP contribution in [0.15, 0.2) is 30.3 Å². The van der Waals surface area contributed by atoms with Gasteiger partial charge in [-0.15, -0.1) is 0 Å². The molecule has 5 nitrogen and oxygen atoms in total. The molecule has 0 aliphatic heterocycles. The fourth-order valence-electron chi connectivity index (χ4n) is 1.17. The van der Waals surface area contributed by atoms with Crippen LogP contribution in [0.5, 0.6) is 11.5 Å². The fraction of sp³-hybridized carbons (Fsp3) is 0. The van der Waals surface area contributed by atoms with Crippen molar-refractivity contribution in [2.24, 2.45) is 0 Å². The largest absolute Gasteiger partial charge is 0.506 e. The Hall–Kier alpha value is -2.12. The third-order valence-corrected chi connectivity index (χ3v) is 2.71. The summed E-state index contributed by atoms with van der Waals surface area (Å²) in [4.78, 5) is 9.23. The van der Waals surface area contributed by atoms with Crippen LogP contribution in [0.4, 0.5) is 14.5 Å². The zero-order chi connectivity index (χ0) is 16.2. The van der Waals surface area contributed by atoms with Crippen molar-refractivity contribution >= 4 is 28.9 Å². The van der Waals surface area contributed by atoms with E-state index in [1.807, 2.05) is 0 Å². The standard InChI is InChI=1S/C6H3ClFNO3.C6H4ClFO/c7-4-1-3(8)2-5(6(4)10)9(11)12;7-5-3-4(8)1-2-6(5)9/h1-2,10H;1-3,9H. The first kappa shape index (κ1) is 16.9. The first-order chi connectivity index (χ1) is 9.72. The number of aromatic hydroxyl groups is 2. The van der Waals surface area contributed by atoms with Crippen molar-refractivity contribution in [2.45, 2.75) is 0 Å². The van der Waals surface area contributed by atoms with E-state index in [9.17, 15) is 18.9 Å². The summed E-state index contributed by atoms with van der Waals surface area (Å²) in [6.45, 7) is 0. The normalized spacial score (nSPS) is 9.71. The summed E-state index contributed by atoms with van der Waals surface area (Å²) >= 11 is 10.6. The third-order valence-electron chi connectivity index (χ3n) is 2.11. The van der Waals surface area contributed by atoms with Gasteiger partial charge >= 0.3 is 5.69 Å². The second-order valence-corrected chi connectivity index (χ2v) is 4.42. The highest BCUT2D eigenvalue weighted by molar-refractivity contribution is 6.32. The van der Waals surface area contributed by atoms with E-state index in [-0.39, 0.29) is 15.8 Å². The lowest BCUT2D eigenvalue weighted by atomic mass is 10.3. The smallest absolute Gasteiger partial charge is 0.315 e. The molecule has 0 heterocycles. The second-order valence-electron chi connectivity index (χ2n) is 3.61. The Kier molecular flexibility index (Phi) is 5.69. The molecule has 0 fully saturated rings. The number of phenols is 2. The summed E-state index contributed by atoms with van der Waals surface area (Å²) in [6.07, 6.45) is 0. The van der Waals surface area contributed by atoms with Crippen molar-refractivity contribution in [3.8, 4) is 11.5 Å². The number of hydrogen-bond acceptors (Lipinski definition) is 4. The number of nitro benzene ring substituents is 1. The van der Waals surface area contributed by atoms with Gasteiger partial charge in [0.25, 0.3) is 0 Å². The molecule has 0 atom stereocenters. The van der Waals surface area contributed by atoms with Crippen LogP contribution in [0.2, 0.25) is 10.0 Å². The Bertz CT molecular complexity index is 683. The Morgan fingerprint density at radius 1 is 1.00 bits per heavy atom. The molecule has 0 saturated heterocycles. The maximum Gasteiger partial charge on any atom is 0.315 e. The summed E-state index contributed by atoms with van der Waals surface area (Å²) in [5.41, 5.74) is -0.736. The van der Waals surface area contributed by atoms with Crippen LogP contribution in [0.1, 0.15) is 0 Å². The van der Waals surface area contributed by atoms with Crippen molar-refractivity contribution in [1.29, 1.82) is 0 Å². The predicted octanol–water partition coefficient (Wildman–Crippen LogP) is 4.28. The molecule has 0 amide bonds. The predicted molar refractivity (Wildman–Crippen MR) is 72.8 cm³/mol. The zero-order valence-electron chi connectivity index (χ0n) is 10.1. The first-order valence-electron chi connectivity index (χ1n) is 5.18. The maximum atomic E-state index is 12.5. The number of nitrogens with zero attached hydrogens (tertiary/aromatic N) is 1. The molecule has 2 N–H and O–H groups in total. The molecule has 0 spiro atoms. The molecule has 0 saturated carbocycles. The Morgan fingerprint density at radius 2 is 1.57 bits per heavy atom. The Balaban J connectivity index is 0.000000219. The molecular formula is C12H7Cl2F2NO4. The van der Waals surface area contributed by atoms with E-state index < -0.39 is 28.0 Å². The SMILES string of the molecule is O=[N+]([O-])c1cc(F)cc(Cl)c1O.Oc1ccc(F)cc1Cl. The van der Waals surface area contributed by atoms with E-state index >= 15 is 0 Å². The van der Waals surface area contributed by atoms with E-state index in [1.165, 1.54) is 6.07 Å². The monoisotopic (exact) mass is 337 g/mol. The quantitative estimate of drug-likeness (QED) is 0.601. The van der Waals surface area contributed by atoms with E-state index in [0.717, 1.165) is 18.2 Å². The van der Waals surface area contributed by atoms with Crippen LogP contribution in [0, 0.1) is 21.7 Å². The van der Waals surface area contributed by atoms with Crippen molar-refractivity contribution in [2.75, 3.05) is 0 Å². The molecule has 0 radical (unpaired) electrons. The maximum absolute atomic E-state index is 12.5. The van der Waals surface area contributed by atoms with Gasteiger partial charge in [0.2, 0.25) is 5.75 Å². The van der Waals surface area contributed by atoms with Gasteiger partial charge in [-0.25, -0.2) is 8.78 Å². The molecule has 9 heteroatoms. The molecule has 112 valence electrons. The van der Waals surface area contributed by atoms with Gasteiger partial charge in [-0.2, -0.15) is 0 Å². The highest BCUT2D eigenvalue weighted by Gasteiger charge is 2.17. The van der Waals surface area contributed by atoms with Crippen molar-refractivity contribution in [3.63, 3.8) is 0 Å². The minimum atomic E-state index is -0.912. The lowest BCUT2D eigenvalue weighted by Crippen LogP contribution is -1.90. The summed E-state index contributed by atoms with van der Waals surface area (Å²) < 4.78 is 24.6. The van der Waals surface area contributed by atoms with E-state index in [4.69, 9.17) is 33.4 Å². The van der Waals surface area contributed by atoms with Crippen LogP contribution in [0.25, 0.3) is 0 Å². The van der Waals surface area contributed by atoms with E-state index in [1.54, 1.807) is 0 Å². The van der Waals surface area contributed by atoms with Crippen LogP contribution < -0.4 is 0 Å². The molecule has 2 rings (SSSR count). The van der Waals surface area contributed by atoms with Gasteiger partial charge in [-0.05, 0) is 24.3 Å². The molecule has 0 aromatic heterocycles. The number of halogens is 4. The fourth-order valence-corrected chi connectivity index (χ4v) is 1.54. The Labute approximate surface area is 127 Å². The molecule has 0 aliphatic rings. The van der Waals surface area contributed by atoms with Gasteiger partial charge in [0, 0.05) is 0 Å². The van der Waals surface area contributed by atoms with Crippen LogP contribution in [0.3, 0.4) is 0 Å². The second kappa shape index (κ2) is 7.05. The van der Waals surface area contributed by atoms with E-state index in [0.29, 0.717) is 6.07 Å². The molecule has 0 bridgehead atoms. The number of nitro groups is 1. The summed E-state index contributed by atoms with van der Waals surface area (Å²) in [5.74, 6) is -2.12. The highest BCUT2D eigenvalue weighted by atomic mass is 35.5. The van der Waals surface area contributed by atoms with Gasteiger partial charge in [0.05, 0.1) is 21.0 Å². The highest BCUT2D eigenvalue weighted by Crippen LogP contribution is 2.33. The minimum absolute atomic E-state index is 0.0370. The Morgan fingerprint density at radius 3 is 2.05 bits per heavy atom. The third kappa shape index (κ3) is 4.73. The minimum Gasteiger partial charge on any atom is -0.506 e. The van der Waals surface area contributed by atoms with Crippen LogP contribution in [-0.2, 0) is 0 Å². The van der Waals surface area contributed by atoms with E-state index in [2.05, 4.69) is 0 Å². The van der Waals surface area contributed by atoms with Crippen LogP contribution >= 0.6 is 23.2 Å². The summed E-state index contributed by atoms with van der Waals surface area (Å²) in [5, 5.41) is 27.5. The molecule has 2 aromatic carbocycles. The summed E-state index contributed by atoms with van der Waals surface area (Å²) in [6, 6.07) is 4.79. The van der Waals surface area contributed by atoms with Gasteiger partial charge < -0.3 is 10.2 Å². The average molecular weight is 338 g/mol. The van der Waals surface area contributed by atoms with Crippen LogP contribution in [-0.4, -0.2) is 15.1 Å². The van der Waals surface area contributed by atoms with Crippen molar-refractivity contribution in [3.05, 3.63) is 62.1 Å². The zero-order valence-corrected chi connectivity index (χ0v) is 11.6. The van der Waals surface area contributed by atoms with Gasteiger partial charge in [-0.1, -0.05) is 23.2 Å². The van der Waals surface area contributed by atoms with Gasteiger partial charge in [-0.3, -0.25) is 10.1 Å².